The highest BCUT2D eigenvalue weighted by molar-refractivity contribution is 7.14. The number of carbonyl (C=O) groups is 3. The van der Waals surface area contributed by atoms with Gasteiger partial charge < -0.3 is 5.32 Å². The molecule has 0 aliphatic rings. The molecule has 0 fully saturated rings. The third-order valence-corrected chi connectivity index (χ3v) is 4.55. The van der Waals surface area contributed by atoms with Crippen molar-refractivity contribution in [2.24, 2.45) is 5.92 Å². The molecular weight excluding hydrogens is 302 g/mol. The standard InChI is InChI=1S/C15H23N3O3S/c1-6-11-9(4)7-12(22-11)14(20)17-18-15(21)13(8(2)3)16-10(5)19/h7-8,13H,6H2,1-5H3,(H,16,19)(H,17,20)(H,18,21)/t13-/m1/s1. The molecule has 1 aromatic rings. The van der Waals surface area contributed by atoms with Gasteiger partial charge in [0.15, 0.2) is 0 Å². The predicted octanol–water partition coefficient (Wildman–Crippen LogP) is 1.54. The SMILES string of the molecule is CCc1sc(C(=O)NNC(=O)[C@H](NC(C)=O)C(C)C)cc1C. The van der Waals surface area contributed by atoms with Gasteiger partial charge in [0.2, 0.25) is 5.91 Å². The van der Waals surface area contributed by atoms with Crippen LogP contribution in [0.4, 0.5) is 0 Å². The van der Waals surface area contributed by atoms with E-state index in [1.165, 1.54) is 18.3 Å². The predicted molar refractivity (Wildman–Crippen MR) is 86.5 cm³/mol. The van der Waals surface area contributed by atoms with Crippen molar-refractivity contribution in [2.45, 2.75) is 47.1 Å². The largest absolute Gasteiger partial charge is 0.344 e. The normalized spacial score (nSPS) is 11.9. The second kappa shape index (κ2) is 7.93. The Kier molecular flexibility index (Phi) is 6.55. The third kappa shape index (κ3) is 4.84. The van der Waals surface area contributed by atoms with Gasteiger partial charge in [-0.15, -0.1) is 11.3 Å². The Balaban J connectivity index is 2.65. The van der Waals surface area contributed by atoms with Gasteiger partial charge in [-0.25, -0.2) is 0 Å². The molecule has 0 aliphatic carbocycles. The van der Waals surface area contributed by atoms with Gasteiger partial charge in [-0.3, -0.25) is 25.2 Å². The van der Waals surface area contributed by atoms with Gasteiger partial charge in [0.25, 0.3) is 11.8 Å². The van der Waals surface area contributed by atoms with Gasteiger partial charge in [-0.2, -0.15) is 0 Å². The molecule has 0 aliphatic heterocycles. The lowest BCUT2D eigenvalue weighted by Gasteiger charge is -2.20. The molecule has 0 bridgehead atoms. The van der Waals surface area contributed by atoms with Crippen LogP contribution in [-0.4, -0.2) is 23.8 Å². The fraction of sp³-hybridized carbons (Fsp3) is 0.533. The van der Waals surface area contributed by atoms with Gasteiger partial charge in [0.05, 0.1) is 4.88 Å². The number of aryl methyl sites for hydroxylation is 2. The Morgan fingerprint density at radius 2 is 1.86 bits per heavy atom. The van der Waals surface area contributed by atoms with Crippen LogP contribution in [0, 0.1) is 12.8 Å². The van der Waals surface area contributed by atoms with Gasteiger partial charge in [0.1, 0.15) is 6.04 Å². The molecular formula is C15H23N3O3S. The zero-order chi connectivity index (χ0) is 16.9. The van der Waals surface area contributed by atoms with Crippen molar-refractivity contribution < 1.29 is 14.4 Å². The summed E-state index contributed by atoms with van der Waals surface area (Å²) in [5, 5.41) is 2.57. The number of hydrazine groups is 1. The molecule has 6 nitrogen and oxygen atoms in total. The van der Waals surface area contributed by atoms with Crippen LogP contribution in [0.15, 0.2) is 6.07 Å². The van der Waals surface area contributed by atoms with E-state index in [2.05, 4.69) is 16.2 Å². The van der Waals surface area contributed by atoms with E-state index in [1.54, 1.807) is 6.07 Å². The minimum absolute atomic E-state index is 0.0866. The van der Waals surface area contributed by atoms with E-state index in [4.69, 9.17) is 0 Å². The van der Waals surface area contributed by atoms with Crippen LogP contribution in [-0.2, 0) is 16.0 Å². The monoisotopic (exact) mass is 325 g/mol. The molecule has 0 aromatic carbocycles. The first-order chi connectivity index (χ1) is 10.3. The fourth-order valence-corrected chi connectivity index (χ4v) is 3.00. The molecule has 1 rings (SSSR count). The van der Waals surface area contributed by atoms with E-state index < -0.39 is 11.9 Å². The lowest BCUT2D eigenvalue weighted by Crippen LogP contribution is -2.53. The third-order valence-electron chi connectivity index (χ3n) is 3.17. The fourth-order valence-electron chi connectivity index (χ4n) is 1.99. The molecule has 7 heteroatoms. The highest BCUT2D eigenvalue weighted by Crippen LogP contribution is 2.21. The smallest absolute Gasteiger partial charge is 0.279 e. The summed E-state index contributed by atoms with van der Waals surface area (Å²) in [5.74, 6) is -1.17. The summed E-state index contributed by atoms with van der Waals surface area (Å²) in [6.07, 6.45) is 0.869. The number of hydrogen-bond donors (Lipinski definition) is 3. The van der Waals surface area contributed by atoms with Crippen LogP contribution < -0.4 is 16.2 Å². The Bertz CT molecular complexity index is 566. The van der Waals surface area contributed by atoms with Gasteiger partial charge >= 0.3 is 0 Å². The van der Waals surface area contributed by atoms with Crippen LogP contribution >= 0.6 is 11.3 Å². The number of amides is 3. The van der Waals surface area contributed by atoms with Crippen LogP contribution in [0.5, 0.6) is 0 Å². The minimum atomic E-state index is -0.686. The number of nitrogens with one attached hydrogen (secondary N) is 3. The van der Waals surface area contributed by atoms with E-state index in [9.17, 15) is 14.4 Å². The van der Waals surface area contributed by atoms with Crippen LogP contribution in [0.25, 0.3) is 0 Å². The number of hydrogen-bond acceptors (Lipinski definition) is 4. The summed E-state index contributed by atoms with van der Waals surface area (Å²) in [4.78, 5) is 36.9. The Hall–Kier alpha value is -1.89. The molecule has 3 amide bonds. The summed E-state index contributed by atoms with van der Waals surface area (Å²) in [7, 11) is 0. The summed E-state index contributed by atoms with van der Waals surface area (Å²) >= 11 is 1.41. The maximum absolute atomic E-state index is 12.0. The maximum Gasteiger partial charge on any atom is 0.279 e. The maximum atomic E-state index is 12.0. The van der Waals surface area contributed by atoms with E-state index in [0.717, 1.165) is 16.9 Å². The van der Waals surface area contributed by atoms with Crippen LogP contribution in [0.1, 0.15) is 47.8 Å². The van der Waals surface area contributed by atoms with E-state index >= 15 is 0 Å². The highest BCUT2D eigenvalue weighted by Gasteiger charge is 2.23. The minimum Gasteiger partial charge on any atom is -0.344 e. The van der Waals surface area contributed by atoms with Crippen molar-refractivity contribution in [1.82, 2.24) is 16.2 Å². The van der Waals surface area contributed by atoms with Gasteiger partial charge in [0, 0.05) is 11.8 Å². The molecule has 0 radical (unpaired) electrons. The second-order valence-electron chi connectivity index (χ2n) is 5.44. The van der Waals surface area contributed by atoms with E-state index in [-0.39, 0.29) is 17.7 Å². The zero-order valence-corrected chi connectivity index (χ0v) is 14.4. The lowest BCUT2D eigenvalue weighted by atomic mass is 10.0. The highest BCUT2D eigenvalue weighted by atomic mass is 32.1. The van der Waals surface area contributed by atoms with E-state index in [1.807, 2.05) is 27.7 Å². The first kappa shape index (κ1) is 18.2. The molecule has 3 N–H and O–H groups in total. The molecule has 1 heterocycles. The summed E-state index contributed by atoms with van der Waals surface area (Å²) in [5.41, 5.74) is 5.83. The number of thiophene rings is 1. The molecule has 22 heavy (non-hydrogen) atoms. The topological polar surface area (TPSA) is 87.3 Å². The second-order valence-corrected chi connectivity index (χ2v) is 6.57. The quantitative estimate of drug-likeness (QED) is 0.718. The summed E-state index contributed by atoms with van der Waals surface area (Å²) < 4.78 is 0. The van der Waals surface area contributed by atoms with Crippen molar-refractivity contribution >= 4 is 29.1 Å². The van der Waals surface area contributed by atoms with Crippen molar-refractivity contribution in [2.75, 3.05) is 0 Å². The van der Waals surface area contributed by atoms with Gasteiger partial charge in [-0.1, -0.05) is 20.8 Å². The molecule has 122 valence electrons. The first-order valence-corrected chi connectivity index (χ1v) is 8.04. The first-order valence-electron chi connectivity index (χ1n) is 7.22. The molecule has 1 aromatic heterocycles. The number of carbonyl (C=O) groups excluding carboxylic acids is 3. The average Bonchev–Trinajstić information content (AvgIpc) is 2.82. The van der Waals surface area contributed by atoms with Crippen molar-refractivity contribution in [3.63, 3.8) is 0 Å². The van der Waals surface area contributed by atoms with Crippen molar-refractivity contribution in [3.05, 3.63) is 21.4 Å². The Morgan fingerprint density at radius 3 is 2.32 bits per heavy atom. The van der Waals surface area contributed by atoms with Crippen LogP contribution in [0.2, 0.25) is 0 Å². The van der Waals surface area contributed by atoms with E-state index in [0.29, 0.717) is 4.88 Å². The van der Waals surface area contributed by atoms with Crippen molar-refractivity contribution in [3.8, 4) is 0 Å². The Labute approximate surface area is 134 Å². The summed E-state index contributed by atoms with van der Waals surface area (Å²) in [6, 6.07) is 1.12. The Morgan fingerprint density at radius 1 is 1.23 bits per heavy atom. The molecule has 0 saturated heterocycles. The van der Waals surface area contributed by atoms with Gasteiger partial charge in [-0.05, 0) is 30.9 Å². The van der Waals surface area contributed by atoms with Crippen molar-refractivity contribution in [1.29, 1.82) is 0 Å². The zero-order valence-electron chi connectivity index (χ0n) is 13.6. The molecule has 0 spiro atoms. The molecule has 0 unspecified atom stereocenters. The lowest BCUT2D eigenvalue weighted by molar-refractivity contribution is -0.129. The van der Waals surface area contributed by atoms with Crippen LogP contribution in [0.3, 0.4) is 0 Å². The summed E-state index contributed by atoms with van der Waals surface area (Å²) in [6.45, 7) is 8.97. The molecule has 0 saturated carbocycles. The number of rotatable bonds is 5. The molecule has 1 atom stereocenters. The average molecular weight is 325 g/mol.